The van der Waals surface area contributed by atoms with Gasteiger partial charge < -0.3 is 9.73 Å². The fourth-order valence-corrected chi connectivity index (χ4v) is 6.29. The Hall–Kier alpha value is -2.13. The molecule has 1 saturated carbocycles. The van der Waals surface area contributed by atoms with Crippen molar-refractivity contribution in [3.8, 4) is 0 Å². The summed E-state index contributed by atoms with van der Waals surface area (Å²) in [5, 5.41) is 2.98. The quantitative estimate of drug-likeness (QED) is 0.799. The van der Waals surface area contributed by atoms with Crippen LogP contribution in [0.2, 0.25) is 0 Å². The second-order valence-electron chi connectivity index (χ2n) is 7.98. The van der Waals surface area contributed by atoms with Crippen LogP contribution in [0, 0.1) is 5.92 Å². The molecule has 1 N–H and O–H groups in total. The number of hydrogen-bond donors (Lipinski definition) is 1. The van der Waals surface area contributed by atoms with E-state index in [1.807, 2.05) is 0 Å². The van der Waals surface area contributed by atoms with Crippen LogP contribution in [0.4, 0.5) is 0 Å². The summed E-state index contributed by atoms with van der Waals surface area (Å²) < 4.78 is 35.3. The molecule has 2 heterocycles. The Bertz CT molecular complexity index is 1070. The molecule has 0 bridgehead atoms. The van der Waals surface area contributed by atoms with Crippen LogP contribution in [-0.4, -0.2) is 42.3 Å². The van der Waals surface area contributed by atoms with E-state index in [1.165, 1.54) is 21.0 Å². The fraction of sp³-hybridized carbons (Fsp3) is 0.600. The Morgan fingerprint density at radius 1 is 1.07 bits per heavy atom. The minimum atomic E-state index is -3.84. The third kappa shape index (κ3) is 3.73. The largest absolute Gasteiger partial charge is 0.419 e. The normalized spacial score (nSPS) is 24.8. The van der Waals surface area contributed by atoms with Crippen LogP contribution in [0.5, 0.6) is 0 Å². The lowest BCUT2D eigenvalue weighted by atomic mass is 9.83. The van der Waals surface area contributed by atoms with Crippen molar-refractivity contribution < 1.29 is 17.6 Å². The summed E-state index contributed by atoms with van der Waals surface area (Å²) in [5.74, 6) is -0.895. The van der Waals surface area contributed by atoms with E-state index in [9.17, 15) is 18.0 Å². The molecular formula is C20H27N3O5S. The first-order valence-electron chi connectivity index (χ1n) is 10.3. The van der Waals surface area contributed by atoms with E-state index in [2.05, 4.69) is 5.32 Å². The van der Waals surface area contributed by atoms with Crippen LogP contribution < -0.4 is 11.1 Å². The minimum Gasteiger partial charge on any atom is -0.408 e. The number of hydrogen-bond acceptors (Lipinski definition) is 5. The van der Waals surface area contributed by atoms with Gasteiger partial charge in [0.2, 0.25) is 15.9 Å². The Morgan fingerprint density at radius 3 is 2.69 bits per heavy atom. The van der Waals surface area contributed by atoms with E-state index < -0.39 is 15.8 Å². The maximum atomic E-state index is 13.6. The number of aryl methyl sites for hydroxylation is 1. The van der Waals surface area contributed by atoms with E-state index >= 15 is 0 Å². The molecular weight excluding hydrogens is 394 g/mol. The zero-order valence-corrected chi connectivity index (χ0v) is 17.4. The zero-order chi connectivity index (χ0) is 20.6. The van der Waals surface area contributed by atoms with Gasteiger partial charge in [-0.2, -0.15) is 4.31 Å². The van der Waals surface area contributed by atoms with Crippen molar-refractivity contribution in [1.82, 2.24) is 14.2 Å². The summed E-state index contributed by atoms with van der Waals surface area (Å²) >= 11 is 0. The van der Waals surface area contributed by atoms with Crippen molar-refractivity contribution >= 4 is 27.0 Å². The van der Waals surface area contributed by atoms with E-state index in [4.69, 9.17) is 4.42 Å². The van der Waals surface area contributed by atoms with Crippen molar-refractivity contribution in [1.29, 1.82) is 0 Å². The van der Waals surface area contributed by atoms with Crippen LogP contribution in [0.1, 0.15) is 44.9 Å². The maximum Gasteiger partial charge on any atom is 0.419 e. The van der Waals surface area contributed by atoms with E-state index in [1.54, 1.807) is 13.1 Å². The summed E-state index contributed by atoms with van der Waals surface area (Å²) in [5.41, 5.74) is 0.794. The first-order chi connectivity index (χ1) is 13.9. The number of nitrogens with one attached hydrogen (secondary N) is 1. The Balaban J connectivity index is 1.75. The summed E-state index contributed by atoms with van der Waals surface area (Å²) in [6.07, 6.45) is 5.68. The molecule has 29 heavy (non-hydrogen) atoms. The molecule has 0 radical (unpaired) electrons. The third-order valence-corrected chi connectivity index (χ3v) is 8.08. The lowest BCUT2D eigenvalue weighted by Gasteiger charge is -2.39. The summed E-state index contributed by atoms with van der Waals surface area (Å²) in [7, 11) is -2.25. The van der Waals surface area contributed by atoms with Crippen LogP contribution in [-0.2, 0) is 21.9 Å². The first-order valence-corrected chi connectivity index (χ1v) is 11.7. The molecule has 1 aromatic heterocycles. The number of nitrogens with zero attached hydrogens (tertiary/aromatic N) is 2. The van der Waals surface area contributed by atoms with Crippen molar-refractivity contribution in [3.63, 3.8) is 0 Å². The number of oxazole rings is 1. The molecule has 0 spiro atoms. The number of amides is 1. The van der Waals surface area contributed by atoms with Gasteiger partial charge in [-0.25, -0.2) is 13.2 Å². The predicted octanol–water partition coefficient (Wildman–Crippen LogP) is 1.98. The minimum absolute atomic E-state index is 0.0405. The number of carbonyl (C=O) groups excluding carboxylic acids is 1. The van der Waals surface area contributed by atoms with Crippen molar-refractivity contribution in [3.05, 3.63) is 28.7 Å². The number of benzene rings is 1. The number of sulfonamides is 1. The molecule has 1 amide bonds. The van der Waals surface area contributed by atoms with Crippen LogP contribution >= 0.6 is 0 Å². The highest BCUT2D eigenvalue weighted by Crippen LogP contribution is 2.33. The maximum absolute atomic E-state index is 13.6. The molecule has 8 nitrogen and oxygen atoms in total. The summed E-state index contributed by atoms with van der Waals surface area (Å²) in [4.78, 5) is 24.6. The average molecular weight is 422 g/mol. The first kappa shape index (κ1) is 20.2. The van der Waals surface area contributed by atoms with Gasteiger partial charge in [0, 0.05) is 32.2 Å². The molecule has 1 aromatic carbocycles. The Kier molecular flexibility index (Phi) is 5.52. The SMILES string of the molecule is Cn1c(=O)oc2cc(S(=O)(=O)N3CCCCCNC(=O)[C@@H]4CCCC[C@@H]43)ccc21. The van der Waals surface area contributed by atoms with Crippen LogP contribution in [0.25, 0.3) is 11.1 Å². The molecule has 2 atom stereocenters. The third-order valence-electron chi connectivity index (χ3n) is 6.16. The monoisotopic (exact) mass is 421 g/mol. The Morgan fingerprint density at radius 2 is 1.86 bits per heavy atom. The van der Waals surface area contributed by atoms with Gasteiger partial charge in [0.05, 0.1) is 16.3 Å². The Labute approximate surface area is 169 Å². The van der Waals surface area contributed by atoms with Gasteiger partial charge in [0.15, 0.2) is 5.58 Å². The highest BCUT2D eigenvalue weighted by Gasteiger charge is 2.40. The molecule has 2 aliphatic rings. The molecule has 2 aromatic rings. The molecule has 158 valence electrons. The van der Waals surface area contributed by atoms with Gasteiger partial charge in [-0.3, -0.25) is 9.36 Å². The lowest BCUT2D eigenvalue weighted by Crippen LogP contribution is -2.51. The van der Waals surface area contributed by atoms with Gasteiger partial charge in [-0.05, 0) is 37.8 Å². The molecule has 1 aliphatic heterocycles. The number of rotatable bonds is 2. The predicted molar refractivity (Wildman–Crippen MR) is 108 cm³/mol. The van der Waals surface area contributed by atoms with Gasteiger partial charge >= 0.3 is 5.76 Å². The second kappa shape index (κ2) is 7.95. The van der Waals surface area contributed by atoms with Gasteiger partial charge in [-0.1, -0.05) is 19.3 Å². The standard InChI is InChI=1S/C20H27N3O5S/c1-22-17-10-9-14(13-18(17)28-20(22)25)29(26,27)23-12-6-2-5-11-21-19(24)15-7-3-4-8-16(15)23/h9-10,13,15-16H,2-8,11-12H2,1H3,(H,21,24)/t15-,16+/m1/s1. The second-order valence-corrected chi connectivity index (χ2v) is 9.87. The van der Waals surface area contributed by atoms with E-state index in [-0.39, 0.29) is 28.3 Å². The topological polar surface area (TPSA) is 102 Å². The van der Waals surface area contributed by atoms with Crippen molar-refractivity contribution in [2.24, 2.45) is 13.0 Å². The molecule has 1 saturated heterocycles. The van der Waals surface area contributed by atoms with Crippen molar-refractivity contribution in [2.45, 2.75) is 55.9 Å². The summed E-state index contributed by atoms with van der Waals surface area (Å²) in [6, 6.07) is 4.19. The lowest BCUT2D eigenvalue weighted by molar-refractivity contribution is -0.127. The molecule has 0 unspecified atom stereocenters. The highest BCUT2D eigenvalue weighted by molar-refractivity contribution is 7.89. The molecule has 9 heteroatoms. The van der Waals surface area contributed by atoms with Crippen molar-refractivity contribution in [2.75, 3.05) is 13.1 Å². The summed E-state index contributed by atoms with van der Waals surface area (Å²) in [6.45, 7) is 1.05. The zero-order valence-electron chi connectivity index (χ0n) is 16.6. The average Bonchev–Trinajstić information content (AvgIpc) is 3.00. The molecule has 1 aliphatic carbocycles. The molecule has 4 rings (SSSR count). The van der Waals surface area contributed by atoms with Gasteiger partial charge in [0.25, 0.3) is 0 Å². The van der Waals surface area contributed by atoms with Gasteiger partial charge in [-0.15, -0.1) is 0 Å². The number of aromatic nitrogens is 1. The fourth-order valence-electron chi connectivity index (χ4n) is 4.55. The smallest absolute Gasteiger partial charge is 0.408 e. The van der Waals surface area contributed by atoms with Gasteiger partial charge in [0.1, 0.15) is 0 Å². The highest BCUT2D eigenvalue weighted by atomic mass is 32.2. The molecule has 2 fully saturated rings. The van der Waals surface area contributed by atoms with E-state index in [0.29, 0.717) is 31.4 Å². The number of fused-ring (bicyclic) bond motifs is 2. The number of carbonyl (C=O) groups is 1. The van der Waals surface area contributed by atoms with Crippen LogP contribution in [0.3, 0.4) is 0 Å². The van der Waals surface area contributed by atoms with E-state index in [0.717, 1.165) is 32.1 Å². The van der Waals surface area contributed by atoms with Crippen LogP contribution in [0.15, 0.2) is 32.3 Å².